The number of benzene rings is 2. The van der Waals surface area contributed by atoms with Crippen molar-refractivity contribution >= 4 is 11.6 Å². The first kappa shape index (κ1) is 20.7. The van der Waals surface area contributed by atoms with Crippen molar-refractivity contribution in [2.75, 3.05) is 19.5 Å². The van der Waals surface area contributed by atoms with Crippen molar-refractivity contribution in [1.29, 1.82) is 5.26 Å². The van der Waals surface area contributed by atoms with Gasteiger partial charge in [-0.15, -0.1) is 0 Å². The number of nitrogens with one attached hydrogen (secondary N) is 2. The largest absolute Gasteiger partial charge is 0.497 e. The zero-order valence-corrected chi connectivity index (χ0v) is 17.5. The summed E-state index contributed by atoms with van der Waals surface area (Å²) in [6.45, 7) is 0.370. The average molecular weight is 428 g/mol. The summed E-state index contributed by atoms with van der Waals surface area (Å²) >= 11 is 0. The van der Waals surface area contributed by atoms with E-state index in [-0.39, 0.29) is 5.69 Å². The third-order valence-electron chi connectivity index (χ3n) is 4.66. The fraction of sp³-hybridized carbons (Fsp3) is 0.130. The lowest BCUT2D eigenvalue weighted by Gasteiger charge is -2.14. The van der Waals surface area contributed by atoms with E-state index in [1.54, 1.807) is 20.3 Å². The first-order valence-corrected chi connectivity index (χ1v) is 9.68. The van der Waals surface area contributed by atoms with Gasteiger partial charge >= 0.3 is 0 Å². The highest BCUT2D eigenvalue weighted by Gasteiger charge is 2.17. The molecule has 2 heterocycles. The molecule has 0 bridgehead atoms. The predicted molar refractivity (Wildman–Crippen MR) is 118 cm³/mol. The van der Waals surface area contributed by atoms with E-state index in [0.29, 0.717) is 35.4 Å². The summed E-state index contributed by atoms with van der Waals surface area (Å²) in [5, 5.41) is 19.5. The molecule has 0 fully saturated rings. The molecule has 32 heavy (non-hydrogen) atoms. The van der Waals surface area contributed by atoms with E-state index < -0.39 is 0 Å². The predicted octanol–water partition coefficient (Wildman–Crippen LogP) is 4.08. The van der Waals surface area contributed by atoms with E-state index in [1.165, 1.54) is 12.4 Å². The van der Waals surface area contributed by atoms with Gasteiger partial charge in [-0.05, 0) is 29.8 Å². The minimum Gasteiger partial charge on any atom is -0.497 e. The van der Waals surface area contributed by atoms with E-state index in [1.807, 2.05) is 48.5 Å². The highest BCUT2D eigenvalue weighted by molar-refractivity contribution is 5.76. The van der Waals surface area contributed by atoms with Crippen LogP contribution in [0, 0.1) is 11.3 Å². The van der Waals surface area contributed by atoms with Crippen molar-refractivity contribution in [1.82, 2.24) is 20.2 Å². The molecule has 0 atom stereocenters. The monoisotopic (exact) mass is 428 g/mol. The number of nitriles is 1. The Balaban J connectivity index is 1.59. The van der Waals surface area contributed by atoms with Crippen LogP contribution in [0.5, 0.6) is 17.2 Å². The van der Waals surface area contributed by atoms with Crippen molar-refractivity contribution in [3.8, 4) is 34.6 Å². The van der Waals surface area contributed by atoms with Crippen LogP contribution in [-0.4, -0.2) is 34.4 Å². The van der Waals surface area contributed by atoms with Gasteiger partial charge in [0, 0.05) is 18.5 Å². The van der Waals surface area contributed by atoms with Gasteiger partial charge in [-0.2, -0.15) is 10.4 Å². The number of hydrogen-bond donors (Lipinski definition) is 2. The highest BCUT2D eigenvalue weighted by Crippen LogP contribution is 2.38. The lowest BCUT2D eigenvalue weighted by Crippen LogP contribution is -1.99. The van der Waals surface area contributed by atoms with E-state index in [0.717, 1.165) is 16.9 Å². The first-order chi connectivity index (χ1) is 15.7. The molecule has 0 aliphatic carbocycles. The van der Waals surface area contributed by atoms with E-state index in [4.69, 9.17) is 14.2 Å². The number of anilines is 2. The molecule has 0 saturated carbocycles. The average Bonchev–Trinajstić information content (AvgIpc) is 3.31. The number of ether oxygens (including phenoxy) is 3. The molecule has 0 aliphatic heterocycles. The number of H-pyrrole nitrogens is 1. The van der Waals surface area contributed by atoms with Crippen LogP contribution in [0.2, 0.25) is 0 Å². The summed E-state index contributed by atoms with van der Waals surface area (Å²) in [4.78, 5) is 8.14. The fourth-order valence-corrected chi connectivity index (χ4v) is 3.10. The van der Waals surface area contributed by atoms with Crippen LogP contribution < -0.4 is 19.5 Å². The Morgan fingerprint density at radius 3 is 2.53 bits per heavy atom. The molecule has 0 aliphatic rings. The Morgan fingerprint density at radius 1 is 1.00 bits per heavy atom. The number of rotatable bonds is 8. The second-order valence-electron chi connectivity index (χ2n) is 6.63. The van der Waals surface area contributed by atoms with Crippen molar-refractivity contribution in [3.05, 3.63) is 72.2 Å². The molecule has 2 aromatic heterocycles. The van der Waals surface area contributed by atoms with E-state index in [9.17, 15) is 5.26 Å². The Bertz CT molecular complexity index is 1250. The third-order valence-corrected chi connectivity index (χ3v) is 4.66. The van der Waals surface area contributed by atoms with Crippen LogP contribution in [0.25, 0.3) is 11.3 Å². The van der Waals surface area contributed by atoms with Crippen LogP contribution in [0.1, 0.15) is 11.3 Å². The summed E-state index contributed by atoms with van der Waals surface area (Å²) < 4.78 is 16.9. The molecule has 0 spiro atoms. The lowest BCUT2D eigenvalue weighted by molar-refractivity contribution is 0.305. The lowest BCUT2D eigenvalue weighted by atomic mass is 10.1. The molecular weight excluding hydrogens is 408 g/mol. The molecule has 0 unspecified atom stereocenters. The van der Waals surface area contributed by atoms with Gasteiger partial charge in [0.2, 0.25) is 0 Å². The number of methoxy groups -OCH3 is 2. The molecular formula is C23H20N6O3. The van der Waals surface area contributed by atoms with Crippen LogP contribution in [0.4, 0.5) is 11.6 Å². The highest BCUT2D eigenvalue weighted by atomic mass is 16.5. The van der Waals surface area contributed by atoms with E-state index >= 15 is 0 Å². The van der Waals surface area contributed by atoms with Gasteiger partial charge in [-0.25, -0.2) is 9.97 Å². The maximum atomic E-state index is 9.21. The van der Waals surface area contributed by atoms with Crippen LogP contribution in [0.3, 0.4) is 0 Å². The molecule has 2 N–H and O–H groups in total. The molecule has 9 heteroatoms. The smallest absolute Gasteiger partial charge is 0.183 e. The van der Waals surface area contributed by atoms with E-state index in [2.05, 4.69) is 25.5 Å². The molecule has 4 rings (SSSR count). The molecule has 2 aromatic carbocycles. The Morgan fingerprint density at radius 2 is 1.78 bits per heavy atom. The van der Waals surface area contributed by atoms with Crippen LogP contribution in [-0.2, 0) is 6.61 Å². The molecule has 0 amide bonds. The number of aromatic nitrogens is 4. The summed E-state index contributed by atoms with van der Waals surface area (Å²) in [5.41, 5.74) is 2.58. The van der Waals surface area contributed by atoms with Gasteiger partial charge < -0.3 is 19.5 Å². The van der Waals surface area contributed by atoms with Crippen molar-refractivity contribution < 1.29 is 14.2 Å². The number of hydrogen-bond acceptors (Lipinski definition) is 8. The zero-order chi connectivity index (χ0) is 22.3. The standard InChI is InChI=1S/C23H20N6O3/c1-30-16-8-6-15(7-9-16)14-32-20-5-3-4-19(31-2)22(20)17-12-21(29-28-17)27-23-18(13-24)25-10-11-26-23/h3-12H,14H2,1-2H3,(H2,26,27,28,29). The van der Waals surface area contributed by atoms with Gasteiger partial charge in [0.15, 0.2) is 17.3 Å². The maximum Gasteiger partial charge on any atom is 0.183 e. The second kappa shape index (κ2) is 9.49. The first-order valence-electron chi connectivity index (χ1n) is 9.68. The van der Waals surface area contributed by atoms with Crippen molar-refractivity contribution in [2.24, 2.45) is 0 Å². The number of aromatic amines is 1. The van der Waals surface area contributed by atoms with Crippen molar-refractivity contribution in [2.45, 2.75) is 6.61 Å². The van der Waals surface area contributed by atoms with Gasteiger partial charge in [-0.1, -0.05) is 18.2 Å². The van der Waals surface area contributed by atoms with Gasteiger partial charge in [0.05, 0.1) is 25.5 Å². The Hall–Kier alpha value is -4.58. The molecule has 160 valence electrons. The minimum atomic E-state index is 0.179. The molecule has 0 radical (unpaired) electrons. The molecule has 0 saturated heterocycles. The Kier molecular flexibility index (Phi) is 6.13. The van der Waals surface area contributed by atoms with Gasteiger partial charge in [-0.3, -0.25) is 5.10 Å². The maximum absolute atomic E-state index is 9.21. The third kappa shape index (κ3) is 4.44. The SMILES string of the molecule is COc1ccc(COc2cccc(OC)c2-c2cc(Nc3nccnc3C#N)n[nH]2)cc1. The van der Waals surface area contributed by atoms with Gasteiger partial charge in [0.1, 0.15) is 29.9 Å². The second-order valence-corrected chi connectivity index (χ2v) is 6.63. The summed E-state index contributed by atoms with van der Waals surface area (Å²) in [6.07, 6.45) is 2.96. The van der Waals surface area contributed by atoms with Crippen molar-refractivity contribution in [3.63, 3.8) is 0 Å². The molecule has 4 aromatic rings. The quantitative estimate of drug-likeness (QED) is 0.431. The fourth-order valence-electron chi connectivity index (χ4n) is 3.10. The number of nitrogens with zero attached hydrogens (tertiary/aromatic N) is 4. The summed E-state index contributed by atoms with van der Waals surface area (Å²) in [7, 11) is 3.23. The Labute approximate surface area is 184 Å². The molecule has 9 nitrogen and oxygen atoms in total. The summed E-state index contributed by atoms with van der Waals surface area (Å²) in [6, 6.07) is 17.0. The topological polar surface area (TPSA) is 118 Å². The zero-order valence-electron chi connectivity index (χ0n) is 17.5. The summed E-state index contributed by atoms with van der Waals surface area (Å²) in [5.74, 6) is 2.85. The van der Waals surface area contributed by atoms with Crippen LogP contribution in [0.15, 0.2) is 60.9 Å². The van der Waals surface area contributed by atoms with Gasteiger partial charge in [0.25, 0.3) is 0 Å². The normalized spacial score (nSPS) is 10.3. The van der Waals surface area contributed by atoms with Crippen LogP contribution >= 0.6 is 0 Å². The minimum absolute atomic E-state index is 0.179.